The van der Waals surface area contributed by atoms with Crippen LogP contribution < -0.4 is 16.4 Å². The van der Waals surface area contributed by atoms with Gasteiger partial charge in [-0.3, -0.25) is 4.99 Å². The summed E-state index contributed by atoms with van der Waals surface area (Å²) in [7, 11) is 0. The number of aromatic amines is 1. The van der Waals surface area contributed by atoms with Crippen molar-refractivity contribution in [3.05, 3.63) is 77.0 Å². The quantitative estimate of drug-likeness (QED) is 0.0628. The van der Waals surface area contributed by atoms with Crippen LogP contribution in [0.5, 0.6) is 0 Å². The molecule has 6 unspecified atom stereocenters. The molecule has 0 saturated carbocycles. The number of nitrogens with zero attached hydrogens (tertiary/aromatic N) is 1. The van der Waals surface area contributed by atoms with Gasteiger partial charge < -0.3 is 46.3 Å². The summed E-state index contributed by atoms with van der Waals surface area (Å²) in [6.45, 7) is 0.560. The number of aromatic nitrogens is 1. The summed E-state index contributed by atoms with van der Waals surface area (Å²) >= 11 is 0. The number of aliphatic carboxylic acids is 1. The Balaban J connectivity index is 1.43. The molecule has 274 valence electrons. The standard InChI is InChI=1S/C40H53N5O6/c41-40-43-17-14-36(45-40)35(24-39(50)51)37(44-38-7-2-16-42-38)23-30-12-11-29-21-28-10-8-26(15-19-47)20-31(28)22-34(29)33(30)6-1-5-32(49)13-9-27(25-48)4-3-18-46/h2,7-8,10,16,19-22,24-25,27,30,32-33,36-37,42,44,46,49H,1,3-6,9,11-15,17-18,23H2,(H,50,51)(H3,41,43,45). The van der Waals surface area contributed by atoms with E-state index >= 15 is 0 Å². The van der Waals surface area contributed by atoms with Gasteiger partial charge in [-0.15, -0.1) is 0 Å². The fourth-order valence-electron chi connectivity index (χ4n) is 8.06. The first kappa shape index (κ1) is 37.8. The Hall–Kier alpha value is -4.48. The third-order valence-electron chi connectivity index (χ3n) is 10.7. The van der Waals surface area contributed by atoms with Gasteiger partial charge in [-0.2, -0.15) is 0 Å². The van der Waals surface area contributed by atoms with E-state index in [4.69, 9.17) is 10.8 Å². The van der Waals surface area contributed by atoms with E-state index in [-0.39, 0.29) is 36.4 Å². The number of aryl methyl sites for hydroxylation is 1. The summed E-state index contributed by atoms with van der Waals surface area (Å²) in [4.78, 5) is 42.6. The van der Waals surface area contributed by atoms with Gasteiger partial charge in [-0.1, -0.05) is 36.8 Å². The van der Waals surface area contributed by atoms with Crippen molar-refractivity contribution in [3.63, 3.8) is 0 Å². The Kier molecular flexibility index (Phi) is 13.8. The van der Waals surface area contributed by atoms with E-state index in [1.54, 1.807) is 0 Å². The lowest BCUT2D eigenvalue weighted by Gasteiger charge is -2.39. The molecule has 0 fully saturated rings. The van der Waals surface area contributed by atoms with Crippen molar-refractivity contribution in [3.8, 4) is 0 Å². The van der Waals surface area contributed by atoms with Crippen molar-refractivity contribution in [1.82, 2.24) is 10.3 Å². The van der Waals surface area contributed by atoms with Crippen LogP contribution in [0.2, 0.25) is 0 Å². The first-order chi connectivity index (χ1) is 24.8. The zero-order valence-corrected chi connectivity index (χ0v) is 29.3. The number of aldehydes is 2. The van der Waals surface area contributed by atoms with Crippen LogP contribution in [0.4, 0.5) is 5.82 Å². The Labute approximate surface area is 299 Å². The van der Waals surface area contributed by atoms with Crippen LogP contribution in [-0.2, 0) is 27.2 Å². The first-order valence-corrected chi connectivity index (χ1v) is 18.4. The van der Waals surface area contributed by atoms with Gasteiger partial charge in [0.25, 0.3) is 0 Å². The Morgan fingerprint density at radius 2 is 1.92 bits per heavy atom. The predicted octanol–water partition coefficient (Wildman–Crippen LogP) is 5.01. The van der Waals surface area contributed by atoms with Crippen molar-refractivity contribution in [1.29, 1.82) is 0 Å². The van der Waals surface area contributed by atoms with E-state index in [9.17, 15) is 24.6 Å². The second-order valence-electron chi connectivity index (χ2n) is 14.2. The first-order valence-electron chi connectivity index (χ1n) is 18.4. The number of guanidine groups is 1. The lowest BCUT2D eigenvalue weighted by molar-refractivity contribution is -0.131. The van der Waals surface area contributed by atoms with E-state index < -0.39 is 12.1 Å². The molecule has 11 heteroatoms. The lowest BCUT2D eigenvalue weighted by atomic mass is 9.69. The molecule has 2 aliphatic rings. The number of hydrogen-bond acceptors (Lipinski definition) is 9. The van der Waals surface area contributed by atoms with Gasteiger partial charge in [0.2, 0.25) is 0 Å². The van der Waals surface area contributed by atoms with Crippen LogP contribution in [0, 0.1) is 11.8 Å². The highest BCUT2D eigenvalue weighted by molar-refractivity contribution is 5.86. The molecule has 51 heavy (non-hydrogen) atoms. The van der Waals surface area contributed by atoms with E-state index in [1.165, 1.54) is 17.2 Å². The highest BCUT2D eigenvalue weighted by atomic mass is 16.4. The zero-order chi connectivity index (χ0) is 36.2. The average molecular weight is 700 g/mol. The van der Waals surface area contributed by atoms with Gasteiger partial charge in [0.05, 0.1) is 18.2 Å². The predicted molar refractivity (Wildman–Crippen MR) is 200 cm³/mol. The van der Waals surface area contributed by atoms with Gasteiger partial charge in [-0.25, -0.2) is 4.79 Å². The molecule has 6 atom stereocenters. The fraction of sp³-hybridized carbons (Fsp3) is 0.500. The molecule has 0 radical (unpaired) electrons. The third-order valence-corrected chi connectivity index (χ3v) is 10.7. The number of carboxylic acids is 1. The summed E-state index contributed by atoms with van der Waals surface area (Å²) in [5.41, 5.74) is 10.4. The van der Waals surface area contributed by atoms with Crippen LogP contribution >= 0.6 is 0 Å². The number of benzene rings is 2. The number of rotatable bonds is 20. The molecular weight excluding hydrogens is 646 g/mol. The number of aliphatic hydroxyl groups excluding tert-OH is 2. The van der Waals surface area contributed by atoms with Crippen molar-refractivity contribution >= 4 is 41.1 Å². The third kappa shape index (κ3) is 10.5. The molecule has 3 aromatic rings. The number of carbonyl (C=O) groups is 3. The smallest absolute Gasteiger partial charge is 0.328 e. The second kappa shape index (κ2) is 18.7. The van der Waals surface area contributed by atoms with Crippen molar-refractivity contribution in [2.45, 2.75) is 101 Å². The monoisotopic (exact) mass is 699 g/mol. The van der Waals surface area contributed by atoms with Gasteiger partial charge in [0.1, 0.15) is 18.4 Å². The number of nitrogens with one attached hydrogen (secondary N) is 3. The molecule has 1 aliphatic heterocycles. The maximum Gasteiger partial charge on any atom is 0.328 e. The Bertz CT molecular complexity index is 1670. The minimum atomic E-state index is -1.02. The SMILES string of the molecule is NC1=NCCC(C(=CC(=O)O)C(CC2CCc3cc4ccc(CC=O)cc4cc3C2CCCC(O)CCC(C=O)CCCO)Nc2ccc[nH]2)N1. The van der Waals surface area contributed by atoms with E-state index in [0.29, 0.717) is 63.9 Å². The van der Waals surface area contributed by atoms with Crippen molar-refractivity contribution < 1.29 is 29.7 Å². The van der Waals surface area contributed by atoms with Crippen molar-refractivity contribution in [2.24, 2.45) is 22.6 Å². The summed E-state index contributed by atoms with van der Waals surface area (Å²) in [6, 6.07) is 14.0. The molecule has 0 amide bonds. The Morgan fingerprint density at radius 3 is 2.65 bits per heavy atom. The number of carboxylic acid groups (broad SMARTS) is 1. The maximum absolute atomic E-state index is 12.3. The molecule has 0 bridgehead atoms. The molecule has 8 N–H and O–H groups in total. The molecule has 0 spiro atoms. The zero-order valence-electron chi connectivity index (χ0n) is 29.3. The maximum atomic E-state index is 12.3. The molecule has 0 saturated heterocycles. The number of carbonyl (C=O) groups excluding carboxylic acids is 2. The second-order valence-corrected chi connectivity index (χ2v) is 14.2. The molecule has 5 rings (SSSR count). The average Bonchev–Trinajstić information content (AvgIpc) is 3.63. The van der Waals surface area contributed by atoms with Crippen LogP contribution in [0.15, 0.2) is 65.3 Å². The molecule has 2 aromatic carbocycles. The topological polar surface area (TPSA) is 190 Å². The number of aliphatic imine (C=N–C) groups is 1. The largest absolute Gasteiger partial charge is 0.478 e. The molecule has 1 aromatic heterocycles. The number of anilines is 1. The highest BCUT2D eigenvalue weighted by Gasteiger charge is 2.35. The summed E-state index contributed by atoms with van der Waals surface area (Å²) in [5.74, 6) is 0.274. The van der Waals surface area contributed by atoms with E-state index in [2.05, 4.69) is 44.9 Å². The highest BCUT2D eigenvalue weighted by Crippen LogP contribution is 2.44. The molecular formula is C40H53N5O6. The van der Waals surface area contributed by atoms with Gasteiger partial charge >= 0.3 is 5.97 Å². The summed E-state index contributed by atoms with van der Waals surface area (Å²) in [5, 5.41) is 39.2. The minimum absolute atomic E-state index is 0.0546. The molecule has 1 aliphatic carbocycles. The van der Waals surface area contributed by atoms with Crippen LogP contribution in [0.25, 0.3) is 10.8 Å². The number of H-pyrrole nitrogens is 1. The van der Waals surface area contributed by atoms with Crippen molar-refractivity contribution in [2.75, 3.05) is 18.5 Å². The summed E-state index contributed by atoms with van der Waals surface area (Å²) < 4.78 is 0. The Morgan fingerprint density at radius 1 is 1.06 bits per heavy atom. The molecule has 11 nitrogen and oxygen atoms in total. The molecule has 2 heterocycles. The number of nitrogens with two attached hydrogens (primary N) is 1. The number of fused-ring (bicyclic) bond motifs is 2. The normalized spacial score (nSPS) is 20.8. The van der Waals surface area contributed by atoms with Crippen LogP contribution in [-0.4, -0.2) is 76.1 Å². The van der Waals surface area contributed by atoms with Crippen LogP contribution in [0.1, 0.15) is 86.8 Å². The van der Waals surface area contributed by atoms with Gasteiger partial charge in [0.15, 0.2) is 5.96 Å². The van der Waals surface area contributed by atoms with Crippen LogP contribution in [0.3, 0.4) is 0 Å². The van der Waals surface area contributed by atoms with E-state index in [1.807, 2.05) is 24.4 Å². The lowest BCUT2D eigenvalue weighted by Crippen LogP contribution is -2.48. The fourth-order valence-corrected chi connectivity index (χ4v) is 8.06. The van der Waals surface area contributed by atoms with Gasteiger partial charge in [0, 0.05) is 37.8 Å². The van der Waals surface area contributed by atoms with E-state index in [0.717, 1.165) is 66.0 Å². The summed E-state index contributed by atoms with van der Waals surface area (Å²) in [6.07, 6.45) is 12.5. The number of hydrogen-bond donors (Lipinski definition) is 7. The number of aliphatic hydroxyl groups is 2. The van der Waals surface area contributed by atoms with Gasteiger partial charge in [-0.05, 0) is 121 Å². The minimum Gasteiger partial charge on any atom is -0.478 e.